The number of rotatable bonds is 7. The molecule has 0 aliphatic heterocycles. The van der Waals surface area contributed by atoms with Gasteiger partial charge in [-0.3, -0.25) is 4.79 Å². The van der Waals surface area contributed by atoms with E-state index in [2.05, 4.69) is 6.92 Å². The maximum absolute atomic E-state index is 10.1. The van der Waals surface area contributed by atoms with Crippen LogP contribution in [0.5, 0.6) is 0 Å². The number of hydrogen-bond acceptors (Lipinski definition) is 1. The molecule has 1 heteroatoms. The summed E-state index contributed by atoms with van der Waals surface area (Å²) in [5.74, 6) is 0. The Morgan fingerprint density at radius 3 is 2.50 bits per heavy atom. The van der Waals surface area contributed by atoms with E-state index < -0.39 is 0 Å². The van der Waals surface area contributed by atoms with Gasteiger partial charge in [-0.2, -0.15) is 0 Å². The van der Waals surface area contributed by atoms with Crippen molar-refractivity contribution in [3.8, 4) is 0 Å². The average Bonchev–Trinajstić information content (AvgIpc) is 2.10. The third-order valence-electron chi connectivity index (χ3n) is 1.92. The van der Waals surface area contributed by atoms with Gasteiger partial charge in [0.2, 0.25) is 6.29 Å². The van der Waals surface area contributed by atoms with Gasteiger partial charge >= 0.3 is 0 Å². The molecule has 0 saturated heterocycles. The zero-order valence-electron chi connectivity index (χ0n) is 8.23. The molecule has 0 amide bonds. The van der Waals surface area contributed by atoms with Crippen molar-refractivity contribution < 1.29 is 4.79 Å². The Morgan fingerprint density at radius 2 is 1.92 bits per heavy atom. The van der Waals surface area contributed by atoms with Gasteiger partial charge in [-0.05, 0) is 25.3 Å². The van der Waals surface area contributed by atoms with E-state index in [1.165, 1.54) is 32.1 Å². The van der Waals surface area contributed by atoms with E-state index in [0.717, 1.165) is 12.0 Å². The third kappa shape index (κ3) is 7.52. The molecular weight excluding hydrogens is 148 g/mol. The lowest BCUT2D eigenvalue weighted by atomic mass is 10.1. The molecule has 1 radical (unpaired) electrons. The summed E-state index contributed by atoms with van der Waals surface area (Å²) in [6, 6.07) is 0. The Kier molecular flexibility index (Phi) is 8.09. The van der Waals surface area contributed by atoms with Crippen molar-refractivity contribution in [2.45, 2.75) is 52.4 Å². The van der Waals surface area contributed by atoms with Crippen molar-refractivity contribution in [3.05, 3.63) is 11.6 Å². The summed E-state index contributed by atoms with van der Waals surface area (Å²) in [7, 11) is 0. The number of unbranched alkanes of at least 4 members (excludes halogenated alkanes) is 5. The number of carbonyl (C=O) groups excluding carboxylic acids is 1. The molecule has 0 aliphatic carbocycles. The van der Waals surface area contributed by atoms with Gasteiger partial charge in [0.05, 0.1) is 0 Å². The molecule has 0 bridgehead atoms. The molecule has 0 aliphatic rings. The molecule has 0 N–H and O–H groups in total. The summed E-state index contributed by atoms with van der Waals surface area (Å²) in [6.07, 6.45) is 11.3. The molecule has 1 nitrogen and oxygen atoms in total. The molecule has 0 rings (SSSR count). The van der Waals surface area contributed by atoms with Gasteiger partial charge in [0.25, 0.3) is 0 Å². The van der Waals surface area contributed by atoms with Crippen LogP contribution in [0.3, 0.4) is 0 Å². The minimum atomic E-state index is 0.741. The first-order chi connectivity index (χ1) is 5.81. The lowest BCUT2D eigenvalue weighted by molar-refractivity contribution is 0.561. The topological polar surface area (TPSA) is 17.1 Å². The van der Waals surface area contributed by atoms with Crippen LogP contribution in [-0.4, -0.2) is 6.29 Å². The van der Waals surface area contributed by atoms with Crippen molar-refractivity contribution in [1.82, 2.24) is 0 Å². The standard InChI is InChI=1S/C11H19O/c1-3-4-5-6-7-8-9-11(2)10-12/h9H,3-8H2,1-2H3/b11-9+. The van der Waals surface area contributed by atoms with Gasteiger partial charge in [0.1, 0.15) is 0 Å². The van der Waals surface area contributed by atoms with Crippen molar-refractivity contribution in [1.29, 1.82) is 0 Å². The van der Waals surface area contributed by atoms with Crippen molar-refractivity contribution in [2.75, 3.05) is 0 Å². The van der Waals surface area contributed by atoms with Crippen molar-refractivity contribution in [2.24, 2.45) is 0 Å². The van der Waals surface area contributed by atoms with Crippen LogP contribution in [0.25, 0.3) is 0 Å². The Hall–Kier alpha value is -0.590. The molecule has 69 valence electrons. The van der Waals surface area contributed by atoms with Crippen LogP contribution in [0.1, 0.15) is 52.4 Å². The zero-order chi connectivity index (χ0) is 9.23. The van der Waals surface area contributed by atoms with E-state index >= 15 is 0 Å². The molecular formula is C11H19O. The van der Waals surface area contributed by atoms with Gasteiger partial charge in [-0.15, -0.1) is 0 Å². The van der Waals surface area contributed by atoms with Gasteiger partial charge in [-0.25, -0.2) is 0 Å². The second kappa shape index (κ2) is 8.51. The fourth-order valence-corrected chi connectivity index (χ4v) is 1.11. The molecule has 0 spiro atoms. The van der Waals surface area contributed by atoms with E-state index in [9.17, 15) is 4.79 Å². The van der Waals surface area contributed by atoms with Crippen LogP contribution in [0.2, 0.25) is 0 Å². The minimum absolute atomic E-state index is 0.741. The molecule has 0 aromatic carbocycles. The summed E-state index contributed by atoms with van der Waals surface area (Å²) < 4.78 is 0. The molecule has 0 fully saturated rings. The van der Waals surface area contributed by atoms with Crippen molar-refractivity contribution in [3.63, 3.8) is 0 Å². The van der Waals surface area contributed by atoms with Crippen LogP contribution in [0.15, 0.2) is 11.6 Å². The van der Waals surface area contributed by atoms with E-state index in [1.807, 2.05) is 12.4 Å². The second-order valence-electron chi connectivity index (χ2n) is 3.19. The number of allylic oxidation sites excluding steroid dienone is 2. The molecule has 0 heterocycles. The highest BCUT2D eigenvalue weighted by Crippen LogP contribution is 2.06. The highest BCUT2D eigenvalue weighted by atomic mass is 16.1. The molecule has 12 heavy (non-hydrogen) atoms. The molecule has 0 unspecified atom stereocenters. The normalized spacial score (nSPS) is 11.7. The molecule has 0 aromatic rings. The first-order valence-electron chi connectivity index (χ1n) is 4.86. The smallest absolute Gasteiger partial charge is 0.228 e. The van der Waals surface area contributed by atoms with Gasteiger partial charge in [0.15, 0.2) is 0 Å². The lowest BCUT2D eigenvalue weighted by Gasteiger charge is -1.96. The van der Waals surface area contributed by atoms with Crippen LogP contribution in [-0.2, 0) is 4.79 Å². The summed E-state index contributed by atoms with van der Waals surface area (Å²) in [5, 5.41) is 0. The molecule has 0 aromatic heterocycles. The van der Waals surface area contributed by atoms with E-state index in [-0.39, 0.29) is 0 Å². The highest BCUT2D eigenvalue weighted by molar-refractivity contribution is 5.72. The van der Waals surface area contributed by atoms with Crippen LogP contribution in [0.4, 0.5) is 0 Å². The van der Waals surface area contributed by atoms with Crippen LogP contribution in [0, 0.1) is 0 Å². The van der Waals surface area contributed by atoms with Gasteiger partial charge < -0.3 is 0 Å². The van der Waals surface area contributed by atoms with E-state index in [0.29, 0.717) is 0 Å². The SMILES string of the molecule is CCCCCCC/C=C(\C)[C]=O. The largest absolute Gasteiger partial charge is 0.285 e. The Morgan fingerprint density at radius 1 is 1.25 bits per heavy atom. The van der Waals surface area contributed by atoms with Gasteiger partial charge in [0, 0.05) is 0 Å². The van der Waals surface area contributed by atoms with Crippen molar-refractivity contribution >= 4 is 6.29 Å². The van der Waals surface area contributed by atoms with Gasteiger partial charge in [-0.1, -0.05) is 38.7 Å². The predicted molar refractivity (Wildman–Crippen MR) is 52.8 cm³/mol. The third-order valence-corrected chi connectivity index (χ3v) is 1.92. The Balaban J connectivity index is 3.15. The fourth-order valence-electron chi connectivity index (χ4n) is 1.11. The maximum atomic E-state index is 10.1. The molecule has 0 saturated carbocycles. The first-order valence-corrected chi connectivity index (χ1v) is 4.86. The summed E-state index contributed by atoms with van der Waals surface area (Å²) in [5.41, 5.74) is 0.741. The first kappa shape index (κ1) is 11.4. The summed E-state index contributed by atoms with van der Waals surface area (Å²) in [6.45, 7) is 4.02. The van der Waals surface area contributed by atoms with E-state index in [4.69, 9.17) is 0 Å². The van der Waals surface area contributed by atoms with E-state index in [1.54, 1.807) is 6.92 Å². The predicted octanol–water partition coefficient (Wildman–Crippen LogP) is 3.40. The quantitative estimate of drug-likeness (QED) is 0.419. The minimum Gasteiger partial charge on any atom is -0.285 e. The monoisotopic (exact) mass is 167 g/mol. The lowest BCUT2D eigenvalue weighted by Crippen LogP contribution is -1.79. The zero-order valence-corrected chi connectivity index (χ0v) is 8.23. The molecule has 0 atom stereocenters. The fraction of sp³-hybridized carbons (Fsp3) is 0.727. The summed E-state index contributed by atoms with van der Waals surface area (Å²) in [4.78, 5) is 10.1. The number of hydrogen-bond donors (Lipinski definition) is 0. The Bertz CT molecular complexity index is 136. The highest BCUT2D eigenvalue weighted by Gasteiger charge is 1.88. The summed E-state index contributed by atoms with van der Waals surface area (Å²) >= 11 is 0. The average molecular weight is 167 g/mol. The maximum Gasteiger partial charge on any atom is 0.228 e. The van der Waals surface area contributed by atoms with Crippen LogP contribution >= 0.6 is 0 Å². The second-order valence-corrected chi connectivity index (χ2v) is 3.19. The van der Waals surface area contributed by atoms with Crippen LogP contribution < -0.4 is 0 Å². The Labute approximate surface area is 75.9 Å².